The summed E-state index contributed by atoms with van der Waals surface area (Å²) in [7, 11) is 0. The molecule has 1 aromatic heterocycles. The van der Waals surface area contributed by atoms with E-state index in [9.17, 15) is 4.79 Å². The lowest BCUT2D eigenvalue weighted by Crippen LogP contribution is -2.60. The maximum Gasteiger partial charge on any atom is 0.255 e. The van der Waals surface area contributed by atoms with Crippen molar-refractivity contribution in [3.8, 4) is 0 Å². The second kappa shape index (κ2) is 6.46. The highest BCUT2D eigenvalue weighted by Gasteiger charge is 2.54. The van der Waals surface area contributed by atoms with Gasteiger partial charge >= 0.3 is 0 Å². The van der Waals surface area contributed by atoms with Gasteiger partial charge in [0.15, 0.2) is 0 Å². The lowest BCUT2D eigenvalue weighted by Gasteiger charge is -2.51. The number of likely N-dealkylation sites (tertiary alicyclic amines) is 1. The summed E-state index contributed by atoms with van der Waals surface area (Å²) in [5, 5.41) is 0. The van der Waals surface area contributed by atoms with Crippen LogP contribution in [0.1, 0.15) is 34.7 Å². The van der Waals surface area contributed by atoms with Gasteiger partial charge in [-0.1, -0.05) is 18.2 Å². The summed E-state index contributed by atoms with van der Waals surface area (Å²) < 4.78 is 0.882. The lowest BCUT2D eigenvalue weighted by atomic mass is 9.75. The number of carbonyl (C=O) groups is 1. The predicted octanol–water partition coefficient (Wildman–Crippen LogP) is 3.55. The summed E-state index contributed by atoms with van der Waals surface area (Å²) in [5.41, 5.74) is 2.03. The van der Waals surface area contributed by atoms with Crippen LogP contribution in [0.25, 0.3) is 0 Å². The first-order chi connectivity index (χ1) is 12.7. The highest BCUT2D eigenvalue weighted by Crippen LogP contribution is 2.47. The van der Waals surface area contributed by atoms with Gasteiger partial charge in [0, 0.05) is 35.4 Å². The summed E-state index contributed by atoms with van der Waals surface area (Å²) in [6.45, 7) is 3.12. The van der Waals surface area contributed by atoms with Crippen molar-refractivity contribution >= 4 is 21.8 Å². The van der Waals surface area contributed by atoms with Gasteiger partial charge in [0.25, 0.3) is 5.91 Å². The molecule has 2 aromatic rings. The lowest BCUT2D eigenvalue weighted by molar-refractivity contribution is -0.00344. The Morgan fingerprint density at radius 1 is 1.08 bits per heavy atom. The van der Waals surface area contributed by atoms with Crippen LogP contribution >= 0.6 is 15.9 Å². The zero-order valence-electron chi connectivity index (χ0n) is 14.6. The number of hydrogen-bond donors (Lipinski definition) is 0. The standard InChI is InChI=1S/C21H22BrN3O/c22-18-6-2-1-5-16(18)21(26)25-13-17(15-4-3-9-23-12-15)20-19(25)14-7-10-24(20)11-8-14/h1-6,9,12,14,17,19-20H,7-8,10-11,13H2. The molecule has 26 heavy (non-hydrogen) atoms. The van der Waals surface area contributed by atoms with Crippen LogP contribution in [0.5, 0.6) is 0 Å². The Morgan fingerprint density at radius 3 is 2.62 bits per heavy atom. The van der Waals surface area contributed by atoms with Gasteiger partial charge in [-0.25, -0.2) is 0 Å². The van der Waals surface area contributed by atoms with E-state index in [0.29, 0.717) is 23.9 Å². The number of piperidine rings is 3. The molecule has 2 bridgehead atoms. The number of aromatic nitrogens is 1. The molecule has 4 aliphatic heterocycles. The Kier molecular flexibility index (Phi) is 4.09. The first-order valence-corrected chi connectivity index (χ1v) is 10.2. The summed E-state index contributed by atoms with van der Waals surface area (Å²) in [5.74, 6) is 1.13. The third-order valence-electron chi connectivity index (χ3n) is 6.47. The van der Waals surface area contributed by atoms with Crippen molar-refractivity contribution in [2.45, 2.75) is 30.8 Å². The van der Waals surface area contributed by atoms with E-state index in [-0.39, 0.29) is 5.91 Å². The fourth-order valence-corrected chi connectivity index (χ4v) is 5.79. The summed E-state index contributed by atoms with van der Waals surface area (Å²) >= 11 is 3.57. The molecule has 0 N–H and O–H groups in total. The molecule has 0 aliphatic carbocycles. The zero-order chi connectivity index (χ0) is 17.7. The van der Waals surface area contributed by atoms with Crippen LogP contribution in [-0.2, 0) is 0 Å². The highest BCUT2D eigenvalue weighted by atomic mass is 79.9. The van der Waals surface area contributed by atoms with Gasteiger partial charge < -0.3 is 4.90 Å². The van der Waals surface area contributed by atoms with Crippen molar-refractivity contribution in [3.63, 3.8) is 0 Å². The maximum absolute atomic E-state index is 13.4. The van der Waals surface area contributed by atoms with Crippen molar-refractivity contribution in [1.82, 2.24) is 14.8 Å². The van der Waals surface area contributed by atoms with Crippen molar-refractivity contribution in [2.24, 2.45) is 5.92 Å². The monoisotopic (exact) mass is 411 g/mol. The van der Waals surface area contributed by atoms with Crippen LogP contribution < -0.4 is 0 Å². The van der Waals surface area contributed by atoms with Gasteiger partial charge in [-0.3, -0.25) is 14.7 Å². The molecule has 0 spiro atoms. The van der Waals surface area contributed by atoms with Crippen LogP contribution in [0, 0.1) is 5.92 Å². The summed E-state index contributed by atoms with van der Waals surface area (Å²) in [6.07, 6.45) is 6.23. The van der Waals surface area contributed by atoms with Crippen molar-refractivity contribution in [1.29, 1.82) is 0 Å². The number of nitrogens with zero attached hydrogens (tertiary/aromatic N) is 3. The van der Waals surface area contributed by atoms with Gasteiger partial charge in [0.2, 0.25) is 0 Å². The molecule has 5 heterocycles. The van der Waals surface area contributed by atoms with E-state index in [1.807, 2.05) is 42.7 Å². The number of amides is 1. The molecule has 3 atom stereocenters. The van der Waals surface area contributed by atoms with Gasteiger partial charge in [0.1, 0.15) is 0 Å². The average Bonchev–Trinajstić information content (AvgIpc) is 3.12. The number of rotatable bonds is 2. The van der Waals surface area contributed by atoms with Gasteiger partial charge in [-0.2, -0.15) is 0 Å². The number of halogens is 1. The van der Waals surface area contributed by atoms with E-state index < -0.39 is 0 Å². The number of pyridine rings is 1. The molecule has 1 aromatic carbocycles. The van der Waals surface area contributed by atoms with Gasteiger partial charge in [-0.15, -0.1) is 0 Å². The minimum Gasteiger partial charge on any atom is -0.333 e. The molecule has 4 aliphatic rings. The third-order valence-corrected chi connectivity index (χ3v) is 7.16. The van der Waals surface area contributed by atoms with Crippen LogP contribution in [0.2, 0.25) is 0 Å². The fourth-order valence-electron chi connectivity index (χ4n) is 5.33. The maximum atomic E-state index is 13.4. The fraction of sp³-hybridized carbons (Fsp3) is 0.429. The van der Waals surface area contributed by atoms with Crippen LogP contribution in [0.3, 0.4) is 0 Å². The Labute approximate surface area is 162 Å². The van der Waals surface area contributed by atoms with Crippen molar-refractivity contribution < 1.29 is 4.79 Å². The Balaban J connectivity index is 1.54. The Morgan fingerprint density at radius 2 is 1.88 bits per heavy atom. The topological polar surface area (TPSA) is 36.4 Å². The second-order valence-electron chi connectivity index (χ2n) is 7.68. The van der Waals surface area contributed by atoms with E-state index in [1.54, 1.807) is 0 Å². The number of benzene rings is 1. The second-order valence-corrected chi connectivity index (χ2v) is 8.54. The summed E-state index contributed by atoms with van der Waals surface area (Å²) in [4.78, 5) is 22.6. The first-order valence-electron chi connectivity index (χ1n) is 9.43. The van der Waals surface area contributed by atoms with Crippen LogP contribution in [0.4, 0.5) is 0 Å². The van der Waals surface area contributed by atoms with E-state index in [1.165, 1.54) is 31.5 Å². The molecular formula is C21H22BrN3O. The largest absolute Gasteiger partial charge is 0.333 e. The molecule has 6 rings (SSSR count). The molecule has 5 heteroatoms. The molecule has 1 amide bonds. The third kappa shape index (κ3) is 2.52. The van der Waals surface area contributed by atoms with Gasteiger partial charge in [0.05, 0.1) is 11.6 Å². The quantitative estimate of drug-likeness (QED) is 0.757. The molecule has 4 fully saturated rings. The van der Waals surface area contributed by atoms with Crippen molar-refractivity contribution in [3.05, 3.63) is 64.4 Å². The molecule has 4 nitrogen and oxygen atoms in total. The van der Waals surface area contributed by atoms with E-state index in [2.05, 4.69) is 36.8 Å². The Bertz CT molecular complexity index is 819. The normalized spacial score (nSPS) is 32.5. The SMILES string of the molecule is O=C(c1ccccc1Br)N1CC(c2cccnc2)C2C1C1CCN2CC1. The molecule has 4 saturated heterocycles. The minimum absolute atomic E-state index is 0.160. The van der Waals surface area contributed by atoms with E-state index in [0.717, 1.165) is 16.6 Å². The van der Waals surface area contributed by atoms with Crippen LogP contribution in [0.15, 0.2) is 53.3 Å². The van der Waals surface area contributed by atoms with E-state index >= 15 is 0 Å². The Hall–Kier alpha value is -1.72. The first kappa shape index (κ1) is 16.5. The number of hydrogen-bond acceptors (Lipinski definition) is 3. The molecule has 0 radical (unpaired) electrons. The minimum atomic E-state index is 0.160. The molecule has 134 valence electrons. The zero-order valence-corrected chi connectivity index (χ0v) is 16.2. The summed E-state index contributed by atoms with van der Waals surface area (Å²) in [6, 6.07) is 12.7. The van der Waals surface area contributed by atoms with Crippen LogP contribution in [-0.4, -0.2) is 52.4 Å². The molecule has 3 unspecified atom stereocenters. The molecular weight excluding hydrogens is 390 g/mol. The van der Waals surface area contributed by atoms with Crippen molar-refractivity contribution in [2.75, 3.05) is 19.6 Å². The smallest absolute Gasteiger partial charge is 0.255 e. The van der Waals surface area contributed by atoms with E-state index in [4.69, 9.17) is 0 Å². The predicted molar refractivity (Wildman–Crippen MR) is 104 cm³/mol. The highest BCUT2D eigenvalue weighted by molar-refractivity contribution is 9.10. The van der Waals surface area contributed by atoms with Gasteiger partial charge in [-0.05, 0) is 71.5 Å². The molecule has 0 saturated carbocycles. The number of fused-ring (bicyclic) bond motifs is 2. The number of carbonyl (C=O) groups excluding carboxylic acids is 1. The average molecular weight is 412 g/mol.